The summed E-state index contributed by atoms with van der Waals surface area (Å²) in [5, 5.41) is 3.38. The number of ether oxygens (including phenoxy) is 2. The topological polar surface area (TPSA) is 63.2 Å². The number of nitrogens with zero attached hydrogens (tertiary/aromatic N) is 2. The zero-order valence-electron chi connectivity index (χ0n) is 14.0. The molecule has 0 radical (unpaired) electrons. The number of carbonyl (C=O) groups is 1. The third kappa shape index (κ3) is 7.62. The molecule has 0 aliphatic carbocycles. The van der Waals surface area contributed by atoms with Crippen LogP contribution in [0.5, 0.6) is 0 Å². The largest absolute Gasteiger partial charge is 0.469 e. The predicted octanol–water partition coefficient (Wildman–Crippen LogP) is 1.88. The molecule has 0 aromatic carbocycles. The Morgan fingerprint density at radius 3 is 2.55 bits per heavy atom. The molecule has 1 aliphatic rings. The Balaban J connectivity index is 0.00000441. The smallest absolute Gasteiger partial charge is 0.308 e. The molecule has 1 rings (SSSR count). The summed E-state index contributed by atoms with van der Waals surface area (Å²) in [6.45, 7) is 6.21. The van der Waals surface area contributed by atoms with Crippen LogP contribution in [0.15, 0.2) is 4.99 Å². The number of unbranched alkanes of at least 4 members (excludes halogenated alkanes) is 1. The molecule has 0 atom stereocenters. The van der Waals surface area contributed by atoms with Crippen molar-refractivity contribution in [2.45, 2.75) is 32.6 Å². The van der Waals surface area contributed by atoms with Gasteiger partial charge in [-0.15, -0.1) is 24.0 Å². The second-order valence-corrected chi connectivity index (χ2v) is 5.16. The Bertz CT molecular complexity index is 332. The first-order chi connectivity index (χ1) is 10.2. The molecule has 1 saturated heterocycles. The molecule has 0 aromatic heterocycles. The minimum Gasteiger partial charge on any atom is -0.469 e. The van der Waals surface area contributed by atoms with Gasteiger partial charge in [-0.25, -0.2) is 0 Å². The van der Waals surface area contributed by atoms with Gasteiger partial charge in [0.25, 0.3) is 0 Å². The van der Waals surface area contributed by atoms with E-state index < -0.39 is 0 Å². The fourth-order valence-corrected chi connectivity index (χ4v) is 2.50. The molecule has 0 spiro atoms. The number of aliphatic imine (C=N–C) groups is 1. The van der Waals surface area contributed by atoms with E-state index in [0.29, 0.717) is 0 Å². The molecule has 1 N–H and O–H groups in total. The number of guanidine groups is 1. The summed E-state index contributed by atoms with van der Waals surface area (Å²) in [7, 11) is 3.26. The third-order valence-corrected chi connectivity index (χ3v) is 3.74. The summed E-state index contributed by atoms with van der Waals surface area (Å²) in [5.74, 6) is 0.874. The molecular formula is C15H30IN3O3. The first-order valence-electron chi connectivity index (χ1n) is 7.84. The van der Waals surface area contributed by atoms with Crippen LogP contribution in [0.3, 0.4) is 0 Å². The van der Waals surface area contributed by atoms with Crippen LogP contribution in [-0.4, -0.2) is 63.8 Å². The molecule has 0 amide bonds. The number of piperidine rings is 1. The number of methoxy groups -OCH3 is 1. The molecule has 0 saturated carbocycles. The highest BCUT2D eigenvalue weighted by Crippen LogP contribution is 2.18. The van der Waals surface area contributed by atoms with Crippen molar-refractivity contribution in [3.63, 3.8) is 0 Å². The number of nitrogens with one attached hydrogen (secondary N) is 1. The predicted molar refractivity (Wildman–Crippen MR) is 98.8 cm³/mol. The molecule has 1 heterocycles. The Kier molecular flexibility index (Phi) is 12.6. The van der Waals surface area contributed by atoms with E-state index in [1.807, 2.05) is 6.92 Å². The summed E-state index contributed by atoms with van der Waals surface area (Å²) in [6, 6.07) is 0. The quantitative estimate of drug-likeness (QED) is 0.221. The van der Waals surface area contributed by atoms with Gasteiger partial charge in [-0.2, -0.15) is 0 Å². The molecular weight excluding hydrogens is 397 g/mol. The van der Waals surface area contributed by atoms with Crippen LogP contribution < -0.4 is 5.32 Å². The van der Waals surface area contributed by atoms with Gasteiger partial charge in [0.05, 0.1) is 13.0 Å². The van der Waals surface area contributed by atoms with Crippen LogP contribution >= 0.6 is 24.0 Å². The van der Waals surface area contributed by atoms with E-state index in [1.165, 1.54) is 7.11 Å². The van der Waals surface area contributed by atoms with E-state index in [0.717, 1.165) is 64.5 Å². The monoisotopic (exact) mass is 427 g/mol. The van der Waals surface area contributed by atoms with Gasteiger partial charge < -0.3 is 19.7 Å². The van der Waals surface area contributed by atoms with Crippen molar-refractivity contribution in [2.24, 2.45) is 10.9 Å². The van der Waals surface area contributed by atoms with E-state index in [1.54, 1.807) is 7.05 Å². The van der Waals surface area contributed by atoms with Crippen molar-refractivity contribution >= 4 is 35.9 Å². The number of hydrogen-bond donors (Lipinski definition) is 1. The van der Waals surface area contributed by atoms with Gasteiger partial charge in [0.1, 0.15) is 0 Å². The number of rotatable bonds is 7. The second-order valence-electron chi connectivity index (χ2n) is 5.16. The Hall–Kier alpha value is -0.570. The average Bonchev–Trinajstić information content (AvgIpc) is 2.54. The van der Waals surface area contributed by atoms with Gasteiger partial charge in [0.2, 0.25) is 0 Å². The number of halogens is 1. The molecule has 0 unspecified atom stereocenters. The van der Waals surface area contributed by atoms with E-state index >= 15 is 0 Å². The number of likely N-dealkylation sites (tertiary alicyclic amines) is 1. The number of hydrogen-bond acceptors (Lipinski definition) is 4. The fourth-order valence-electron chi connectivity index (χ4n) is 2.50. The molecule has 130 valence electrons. The lowest BCUT2D eigenvalue weighted by Crippen LogP contribution is -2.46. The van der Waals surface area contributed by atoms with Crippen molar-refractivity contribution in [1.29, 1.82) is 0 Å². The van der Waals surface area contributed by atoms with Gasteiger partial charge >= 0.3 is 5.97 Å². The van der Waals surface area contributed by atoms with Gasteiger partial charge in [-0.1, -0.05) is 0 Å². The Morgan fingerprint density at radius 2 is 2.00 bits per heavy atom. The van der Waals surface area contributed by atoms with E-state index in [9.17, 15) is 4.79 Å². The summed E-state index contributed by atoms with van der Waals surface area (Å²) in [6.07, 6.45) is 3.79. The minimum atomic E-state index is -0.0893. The van der Waals surface area contributed by atoms with Gasteiger partial charge in [-0.05, 0) is 32.6 Å². The first kappa shape index (κ1) is 21.4. The van der Waals surface area contributed by atoms with Crippen molar-refractivity contribution in [1.82, 2.24) is 10.2 Å². The number of carbonyl (C=O) groups excluding carboxylic acids is 1. The van der Waals surface area contributed by atoms with Crippen LogP contribution in [0.25, 0.3) is 0 Å². The maximum atomic E-state index is 11.5. The lowest BCUT2D eigenvalue weighted by molar-refractivity contribution is -0.146. The van der Waals surface area contributed by atoms with Crippen molar-refractivity contribution < 1.29 is 14.3 Å². The van der Waals surface area contributed by atoms with Crippen molar-refractivity contribution in [3.8, 4) is 0 Å². The van der Waals surface area contributed by atoms with Crippen LogP contribution in [0, 0.1) is 5.92 Å². The lowest BCUT2D eigenvalue weighted by Gasteiger charge is -2.33. The highest BCUT2D eigenvalue weighted by molar-refractivity contribution is 14.0. The molecule has 1 aliphatic heterocycles. The molecule has 1 fully saturated rings. The average molecular weight is 427 g/mol. The maximum Gasteiger partial charge on any atom is 0.308 e. The SMILES string of the molecule is CCOCCCCNC(=NC)N1CCC(C(=O)OC)CC1.I. The van der Waals surface area contributed by atoms with E-state index in [-0.39, 0.29) is 35.9 Å². The molecule has 0 bridgehead atoms. The first-order valence-corrected chi connectivity index (χ1v) is 7.84. The van der Waals surface area contributed by atoms with E-state index in [2.05, 4.69) is 15.2 Å². The van der Waals surface area contributed by atoms with Crippen LogP contribution in [0.4, 0.5) is 0 Å². The normalized spacial score (nSPS) is 16.1. The maximum absolute atomic E-state index is 11.5. The van der Waals surface area contributed by atoms with Gasteiger partial charge in [0.15, 0.2) is 5.96 Å². The van der Waals surface area contributed by atoms with Crippen molar-refractivity contribution in [2.75, 3.05) is 47.0 Å². The fraction of sp³-hybridized carbons (Fsp3) is 0.867. The minimum absolute atomic E-state index is 0. The highest BCUT2D eigenvalue weighted by Gasteiger charge is 2.26. The summed E-state index contributed by atoms with van der Waals surface area (Å²) >= 11 is 0. The number of esters is 1. The van der Waals surface area contributed by atoms with Crippen LogP contribution in [-0.2, 0) is 14.3 Å². The molecule has 6 nitrogen and oxygen atoms in total. The highest BCUT2D eigenvalue weighted by atomic mass is 127. The zero-order chi connectivity index (χ0) is 15.5. The molecule has 0 aromatic rings. The van der Waals surface area contributed by atoms with Crippen LogP contribution in [0.2, 0.25) is 0 Å². The molecule has 22 heavy (non-hydrogen) atoms. The standard InChI is InChI=1S/C15H29N3O3.HI/c1-4-21-12-6-5-9-17-15(16-2)18-10-7-13(8-11-18)14(19)20-3;/h13H,4-12H2,1-3H3,(H,16,17);1H. The van der Waals surface area contributed by atoms with Crippen molar-refractivity contribution in [3.05, 3.63) is 0 Å². The lowest BCUT2D eigenvalue weighted by atomic mass is 9.97. The van der Waals surface area contributed by atoms with Gasteiger partial charge in [0, 0.05) is 39.9 Å². The van der Waals surface area contributed by atoms with E-state index in [4.69, 9.17) is 9.47 Å². The summed E-state index contributed by atoms with van der Waals surface area (Å²) in [4.78, 5) is 18.0. The second kappa shape index (κ2) is 12.9. The Labute approximate surface area is 151 Å². The van der Waals surface area contributed by atoms with Gasteiger partial charge in [-0.3, -0.25) is 9.79 Å². The zero-order valence-corrected chi connectivity index (χ0v) is 16.3. The Morgan fingerprint density at radius 1 is 1.32 bits per heavy atom. The van der Waals surface area contributed by atoms with Crippen LogP contribution in [0.1, 0.15) is 32.6 Å². The molecule has 7 heteroatoms. The summed E-state index contributed by atoms with van der Waals surface area (Å²) in [5.41, 5.74) is 0. The summed E-state index contributed by atoms with van der Waals surface area (Å²) < 4.78 is 10.1. The third-order valence-electron chi connectivity index (χ3n) is 3.74.